The van der Waals surface area contributed by atoms with Gasteiger partial charge in [0.1, 0.15) is 0 Å². The van der Waals surface area contributed by atoms with E-state index in [0.717, 1.165) is 5.56 Å². The Balaban J connectivity index is 2.95. The van der Waals surface area contributed by atoms with Gasteiger partial charge in [-0.05, 0) is 17.7 Å². The van der Waals surface area contributed by atoms with Crippen molar-refractivity contribution in [1.82, 2.24) is 0 Å². The summed E-state index contributed by atoms with van der Waals surface area (Å²) in [6, 6.07) is 5.58. The molecule has 0 spiro atoms. The van der Waals surface area contributed by atoms with Gasteiger partial charge >= 0.3 is 0 Å². The molecule has 0 heterocycles. The number of aliphatic hydroxyl groups is 1. The first-order chi connectivity index (χ1) is 6.81. The summed E-state index contributed by atoms with van der Waals surface area (Å²) in [6.07, 6.45) is 3.49. The summed E-state index contributed by atoms with van der Waals surface area (Å²) in [5.74, 6) is 1.39. The van der Waals surface area contributed by atoms with Gasteiger partial charge in [-0.3, -0.25) is 0 Å². The molecular weight excluding hydrogens is 180 g/mol. The van der Waals surface area contributed by atoms with Gasteiger partial charge in [0.25, 0.3) is 0 Å². The number of hydrogen-bond donors (Lipinski definition) is 1. The summed E-state index contributed by atoms with van der Waals surface area (Å²) < 4.78 is 10.2. The molecule has 3 nitrogen and oxygen atoms in total. The molecule has 0 atom stereocenters. The minimum atomic E-state index is 0.0361. The van der Waals surface area contributed by atoms with E-state index in [9.17, 15) is 0 Å². The topological polar surface area (TPSA) is 38.7 Å². The molecule has 0 aromatic heterocycles. The van der Waals surface area contributed by atoms with Gasteiger partial charge in [-0.2, -0.15) is 0 Å². The summed E-state index contributed by atoms with van der Waals surface area (Å²) in [6.45, 7) is 0.0361. The van der Waals surface area contributed by atoms with Crippen molar-refractivity contribution in [2.24, 2.45) is 0 Å². The first-order valence-corrected chi connectivity index (χ1v) is 4.31. The van der Waals surface area contributed by atoms with Crippen LogP contribution >= 0.6 is 0 Å². The van der Waals surface area contributed by atoms with E-state index in [1.54, 1.807) is 20.3 Å². The third-order valence-corrected chi connectivity index (χ3v) is 1.82. The first-order valence-electron chi connectivity index (χ1n) is 4.31. The number of hydrogen-bond acceptors (Lipinski definition) is 3. The van der Waals surface area contributed by atoms with Crippen molar-refractivity contribution in [1.29, 1.82) is 0 Å². The molecule has 0 fully saturated rings. The van der Waals surface area contributed by atoms with E-state index in [0.29, 0.717) is 11.5 Å². The number of benzene rings is 1. The molecule has 1 aromatic rings. The van der Waals surface area contributed by atoms with E-state index >= 15 is 0 Å². The second kappa shape index (κ2) is 5.29. The first kappa shape index (κ1) is 10.6. The van der Waals surface area contributed by atoms with Crippen LogP contribution in [0.5, 0.6) is 11.5 Å². The van der Waals surface area contributed by atoms with Crippen LogP contribution in [-0.2, 0) is 0 Å². The Bertz CT molecular complexity index is 318. The highest BCUT2D eigenvalue weighted by atomic mass is 16.5. The SMILES string of the molecule is COc1ccc(/C=C/CO)cc1OC. The van der Waals surface area contributed by atoms with Crippen LogP contribution < -0.4 is 9.47 Å². The van der Waals surface area contributed by atoms with Crippen molar-refractivity contribution in [2.45, 2.75) is 0 Å². The highest BCUT2D eigenvalue weighted by molar-refractivity contribution is 5.55. The van der Waals surface area contributed by atoms with Gasteiger partial charge in [-0.25, -0.2) is 0 Å². The van der Waals surface area contributed by atoms with E-state index < -0.39 is 0 Å². The Hall–Kier alpha value is -1.48. The summed E-state index contributed by atoms with van der Waals surface area (Å²) >= 11 is 0. The highest BCUT2D eigenvalue weighted by Crippen LogP contribution is 2.27. The van der Waals surface area contributed by atoms with Gasteiger partial charge in [0.15, 0.2) is 11.5 Å². The molecule has 0 aliphatic rings. The average molecular weight is 194 g/mol. The molecule has 0 amide bonds. The molecule has 3 heteroatoms. The Morgan fingerprint density at radius 3 is 2.50 bits per heavy atom. The van der Waals surface area contributed by atoms with Crippen LogP contribution in [0.1, 0.15) is 5.56 Å². The third kappa shape index (κ3) is 2.50. The molecule has 14 heavy (non-hydrogen) atoms. The maximum Gasteiger partial charge on any atom is 0.161 e. The molecule has 1 rings (SSSR count). The van der Waals surface area contributed by atoms with Crippen molar-refractivity contribution < 1.29 is 14.6 Å². The van der Waals surface area contributed by atoms with E-state index in [-0.39, 0.29) is 6.61 Å². The summed E-state index contributed by atoms with van der Waals surface area (Å²) in [4.78, 5) is 0. The van der Waals surface area contributed by atoms with Crippen molar-refractivity contribution in [2.75, 3.05) is 20.8 Å². The van der Waals surface area contributed by atoms with Gasteiger partial charge in [0.05, 0.1) is 20.8 Å². The van der Waals surface area contributed by atoms with Gasteiger partial charge in [0, 0.05) is 0 Å². The van der Waals surface area contributed by atoms with Crippen molar-refractivity contribution in [3.8, 4) is 11.5 Å². The molecule has 0 unspecified atom stereocenters. The van der Waals surface area contributed by atoms with Gasteiger partial charge in [-0.15, -0.1) is 0 Å². The predicted molar refractivity (Wildman–Crippen MR) is 55.7 cm³/mol. The fourth-order valence-electron chi connectivity index (χ4n) is 1.15. The van der Waals surface area contributed by atoms with Crippen LogP contribution in [0.3, 0.4) is 0 Å². The van der Waals surface area contributed by atoms with Crippen molar-refractivity contribution >= 4 is 6.08 Å². The van der Waals surface area contributed by atoms with E-state index in [1.807, 2.05) is 24.3 Å². The smallest absolute Gasteiger partial charge is 0.161 e. The fourth-order valence-corrected chi connectivity index (χ4v) is 1.15. The molecule has 1 aromatic carbocycles. The molecule has 0 saturated heterocycles. The second-order valence-electron chi connectivity index (χ2n) is 2.70. The lowest BCUT2D eigenvalue weighted by molar-refractivity contribution is 0.343. The lowest BCUT2D eigenvalue weighted by Crippen LogP contribution is -1.90. The number of rotatable bonds is 4. The monoisotopic (exact) mass is 194 g/mol. The highest BCUT2D eigenvalue weighted by Gasteiger charge is 2.01. The van der Waals surface area contributed by atoms with Crippen LogP contribution in [0.25, 0.3) is 6.08 Å². The fraction of sp³-hybridized carbons (Fsp3) is 0.273. The minimum Gasteiger partial charge on any atom is -0.493 e. The van der Waals surface area contributed by atoms with Crippen LogP contribution in [0.4, 0.5) is 0 Å². The molecule has 0 aliphatic carbocycles. The average Bonchev–Trinajstić information content (AvgIpc) is 2.25. The van der Waals surface area contributed by atoms with E-state index in [4.69, 9.17) is 14.6 Å². The number of aliphatic hydroxyl groups excluding tert-OH is 1. The molecular formula is C11H14O3. The summed E-state index contributed by atoms with van der Waals surface area (Å²) in [5.41, 5.74) is 0.969. The molecule has 0 aliphatic heterocycles. The van der Waals surface area contributed by atoms with Gasteiger partial charge in [0.2, 0.25) is 0 Å². The van der Waals surface area contributed by atoms with E-state index in [1.165, 1.54) is 0 Å². The molecule has 1 N–H and O–H groups in total. The Morgan fingerprint density at radius 2 is 1.93 bits per heavy atom. The molecule has 76 valence electrons. The molecule has 0 saturated carbocycles. The predicted octanol–water partition coefficient (Wildman–Crippen LogP) is 1.71. The van der Waals surface area contributed by atoms with Gasteiger partial charge in [-0.1, -0.05) is 18.2 Å². The zero-order valence-electron chi connectivity index (χ0n) is 8.36. The van der Waals surface area contributed by atoms with Crippen LogP contribution in [0, 0.1) is 0 Å². The Morgan fingerprint density at radius 1 is 1.21 bits per heavy atom. The molecule has 0 radical (unpaired) electrons. The maximum atomic E-state index is 8.61. The minimum absolute atomic E-state index is 0.0361. The molecule has 0 bridgehead atoms. The summed E-state index contributed by atoms with van der Waals surface area (Å²) in [5, 5.41) is 8.61. The summed E-state index contributed by atoms with van der Waals surface area (Å²) in [7, 11) is 3.19. The third-order valence-electron chi connectivity index (χ3n) is 1.82. The van der Waals surface area contributed by atoms with Crippen LogP contribution in [0.2, 0.25) is 0 Å². The lowest BCUT2D eigenvalue weighted by atomic mass is 10.2. The van der Waals surface area contributed by atoms with E-state index in [2.05, 4.69) is 0 Å². The lowest BCUT2D eigenvalue weighted by Gasteiger charge is -2.07. The number of methoxy groups -OCH3 is 2. The van der Waals surface area contributed by atoms with Crippen molar-refractivity contribution in [3.63, 3.8) is 0 Å². The Labute approximate surface area is 83.6 Å². The maximum absolute atomic E-state index is 8.61. The zero-order chi connectivity index (χ0) is 10.4. The second-order valence-corrected chi connectivity index (χ2v) is 2.70. The standard InChI is InChI=1S/C11H14O3/c1-13-10-6-5-9(4-3-7-12)8-11(10)14-2/h3-6,8,12H,7H2,1-2H3/b4-3+. The quantitative estimate of drug-likeness (QED) is 0.793. The van der Waals surface area contributed by atoms with Crippen LogP contribution in [0.15, 0.2) is 24.3 Å². The largest absolute Gasteiger partial charge is 0.493 e. The zero-order valence-corrected chi connectivity index (χ0v) is 8.36. The van der Waals surface area contributed by atoms with Crippen molar-refractivity contribution in [3.05, 3.63) is 29.8 Å². The van der Waals surface area contributed by atoms with Gasteiger partial charge < -0.3 is 14.6 Å². The van der Waals surface area contributed by atoms with Crippen LogP contribution in [-0.4, -0.2) is 25.9 Å². The Kier molecular flexibility index (Phi) is 4.01. The normalized spacial score (nSPS) is 10.5. The number of ether oxygens (including phenoxy) is 2.